The lowest BCUT2D eigenvalue weighted by atomic mass is 10.1. The lowest BCUT2D eigenvalue weighted by molar-refractivity contribution is 0.0632. The Bertz CT molecular complexity index is 621. The highest BCUT2D eigenvalue weighted by atomic mass is 19.1. The molecular formula is C18H24FN3O2. The molecule has 24 heavy (non-hydrogen) atoms. The lowest BCUT2D eigenvalue weighted by Gasteiger charge is -2.38. The summed E-state index contributed by atoms with van der Waals surface area (Å²) >= 11 is 0. The number of urea groups is 1. The van der Waals surface area contributed by atoms with E-state index >= 15 is 0 Å². The average Bonchev–Trinajstić information content (AvgIpc) is 2.63. The molecule has 1 aromatic rings. The predicted octanol–water partition coefficient (Wildman–Crippen LogP) is 2.50. The van der Waals surface area contributed by atoms with E-state index in [4.69, 9.17) is 0 Å². The molecule has 2 fully saturated rings. The maximum Gasteiger partial charge on any atom is 0.320 e. The first-order valence-electron chi connectivity index (χ1n) is 8.65. The molecule has 0 aromatic heterocycles. The van der Waals surface area contributed by atoms with Gasteiger partial charge in [0.05, 0.1) is 0 Å². The highest BCUT2D eigenvalue weighted by Crippen LogP contribution is 2.15. The van der Waals surface area contributed by atoms with Crippen LogP contribution in [-0.2, 0) is 0 Å². The van der Waals surface area contributed by atoms with Crippen molar-refractivity contribution in [1.82, 2.24) is 14.7 Å². The smallest absolute Gasteiger partial charge is 0.320 e. The van der Waals surface area contributed by atoms with Gasteiger partial charge in [-0.15, -0.1) is 0 Å². The molecule has 3 rings (SSSR count). The fraction of sp³-hybridized carbons (Fsp3) is 0.556. The van der Waals surface area contributed by atoms with Gasteiger partial charge in [-0.25, -0.2) is 9.18 Å². The number of halogens is 1. The molecule has 0 unspecified atom stereocenters. The van der Waals surface area contributed by atoms with Gasteiger partial charge in [-0.3, -0.25) is 4.79 Å². The SMILES string of the molecule is Cc1ccc(C(=O)N2CCN(C(=O)N3CCCCC3)CC2)cc1F. The number of carbonyl (C=O) groups excluding carboxylic acids is 2. The molecule has 0 radical (unpaired) electrons. The van der Waals surface area contributed by atoms with Crippen molar-refractivity contribution in [3.05, 3.63) is 35.1 Å². The second-order valence-electron chi connectivity index (χ2n) is 6.57. The van der Waals surface area contributed by atoms with Gasteiger partial charge >= 0.3 is 6.03 Å². The second kappa shape index (κ2) is 7.20. The van der Waals surface area contributed by atoms with Crippen molar-refractivity contribution >= 4 is 11.9 Å². The number of amides is 3. The van der Waals surface area contributed by atoms with Gasteiger partial charge < -0.3 is 14.7 Å². The lowest BCUT2D eigenvalue weighted by Crippen LogP contribution is -2.54. The Kier molecular flexibility index (Phi) is 5.02. The maximum absolute atomic E-state index is 13.7. The number of carbonyl (C=O) groups is 2. The molecule has 0 bridgehead atoms. The summed E-state index contributed by atoms with van der Waals surface area (Å²) in [6, 6.07) is 4.66. The van der Waals surface area contributed by atoms with Gasteiger partial charge in [-0.1, -0.05) is 6.07 Å². The topological polar surface area (TPSA) is 43.9 Å². The average molecular weight is 333 g/mol. The van der Waals surface area contributed by atoms with Crippen molar-refractivity contribution in [1.29, 1.82) is 0 Å². The summed E-state index contributed by atoms with van der Waals surface area (Å²) in [6.07, 6.45) is 3.34. The Labute approximate surface area is 142 Å². The molecule has 2 aliphatic heterocycles. The second-order valence-corrected chi connectivity index (χ2v) is 6.57. The zero-order valence-corrected chi connectivity index (χ0v) is 14.1. The van der Waals surface area contributed by atoms with E-state index in [0.717, 1.165) is 25.9 Å². The molecule has 2 saturated heterocycles. The zero-order chi connectivity index (χ0) is 17.1. The van der Waals surface area contributed by atoms with Crippen LogP contribution in [0, 0.1) is 12.7 Å². The number of piperazine rings is 1. The summed E-state index contributed by atoms with van der Waals surface area (Å²) in [5.74, 6) is -0.529. The van der Waals surface area contributed by atoms with Crippen LogP contribution in [0.1, 0.15) is 35.2 Å². The molecule has 6 heteroatoms. The van der Waals surface area contributed by atoms with Gasteiger partial charge in [0, 0.05) is 44.8 Å². The van der Waals surface area contributed by atoms with Gasteiger partial charge in [0.25, 0.3) is 5.91 Å². The van der Waals surface area contributed by atoms with Crippen molar-refractivity contribution in [3.8, 4) is 0 Å². The van der Waals surface area contributed by atoms with E-state index in [1.54, 1.807) is 24.0 Å². The quantitative estimate of drug-likeness (QED) is 0.792. The van der Waals surface area contributed by atoms with Gasteiger partial charge in [0.1, 0.15) is 5.82 Å². The van der Waals surface area contributed by atoms with E-state index in [-0.39, 0.29) is 17.8 Å². The highest BCUT2D eigenvalue weighted by Gasteiger charge is 2.28. The molecular weight excluding hydrogens is 309 g/mol. The van der Waals surface area contributed by atoms with Gasteiger partial charge in [-0.05, 0) is 43.9 Å². The summed E-state index contributed by atoms with van der Waals surface area (Å²) in [6.45, 7) is 5.41. The van der Waals surface area contributed by atoms with Crippen LogP contribution < -0.4 is 0 Å². The number of piperidine rings is 1. The number of hydrogen-bond donors (Lipinski definition) is 0. The fourth-order valence-electron chi connectivity index (χ4n) is 3.29. The largest absolute Gasteiger partial charge is 0.335 e. The first-order chi connectivity index (χ1) is 11.6. The van der Waals surface area contributed by atoms with Crippen LogP contribution >= 0.6 is 0 Å². The number of likely N-dealkylation sites (tertiary alicyclic amines) is 1. The number of benzene rings is 1. The number of nitrogens with zero attached hydrogens (tertiary/aromatic N) is 3. The summed E-state index contributed by atoms with van der Waals surface area (Å²) in [5.41, 5.74) is 0.900. The summed E-state index contributed by atoms with van der Waals surface area (Å²) < 4.78 is 13.7. The van der Waals surface area contributed by atoms with Crippen LogP contribution in [0.3, 0.4) is 0 Å². The minimum absolute atomic E-state index is 0.0863. The van der Waals surface area contributed by atoms with Crippen molar-refractivity contribution in [3.63, 3.8) is 0 Å². The fourth-order valence-corrected chi connectivity index (χ4v) is 3.29. The molecule has 0 N–H and O–H groups in total. The van der Waals surface area contributed by atoms with Crippen molar-refractivity contribution in [2.45, 2.75) is 26.2 Å². The van der Waals surface area contributed by atoms with E-state index in [2.05, 4.69) is 0 Å². The summed E-state index contributed by atoms with van der Waals surface area (Å²) in [5, 5.41) is 0. The van der Waals surface area contributed by atoms with Crippen molar-refractivity contribution in [2.75, 3.05) is 39.3 Å². The molecule has 0 saturated carbocycles. The molecule has 0 atom stereocenters. The molecule has 3 amide bonds. The van der Waals surface area contributed by atoms with Crippen LogP contribution in [0.2, 0.25) is 0 Å². The number of rotatable bonds is 1. The Morgan fingerprint density at radius 1 is 0.875 bits per heavy atom. The van der Waals surface area contributed by atoms with E-state index in [0.29, 0.717) is 37.3 Å². The third kappa shape index (κ3) is 3.52. The van der Waals surface area contributed by atoms with E-state index in [1.165, 1.54) is 12.5 Å². The van der Waals surface area contributed by atoms with Crippen LogP contribution in [-0.4, -0.2) is 65.9 Å². The number of hydrogen-bond acceptors (Lipinski definition) is 2. The zero-order valence-electron chi connectivity index (χ0n) is 14.1. The molecule has 130 valence electrons. The highest BCUT2D eigenvalue weighted by molar-refractivity contribution is 5.94. The Balaban J connectivity index is 1.57. The van der Waals surface area contributed by atoms with E-state index in [1.807, 2.05) is 9.80 Å². The van der Waals surface area contributed by atoms with Crippen LogP contribution in [0.25, 0.3) is 0 Å². The maximum atomic E-state index is 13.7. The third-order valence-electron chi connectivity index (χ3n) is 4.88. The van der Waals surface area contributed by atoms with Crippen LogP contribution in [0.4, 0.5) is 9.18 Å². The van der Waals surface area contributed by atoms with Gasteiger partial charge in [0.2, 0.25) is 0 Å². The molecule has 5 nitrogen and oxygen atoms in total. The molecule has 0 spiro atoms. The standard InChI is InChI=1S/C18H24FN3O2/c1-14-5-6-15(13-16(14)19)17(23)20-9-11-22(12-10-20)18(24)21-7-3-2-4-8-21/h5-6,13H,2-4,7-12H2,1H3. The van der Waals surface area contributed by atoms with Crippen molar-refractivity contribution in [2.24, 2.45) is 0 Å². The molecule has 0 aliphatic carbocycles. The molecule has 2 heterocycles. The number of aryl methyl sites for hydroxylation is 1. The minimum Gasteiger partial charge on any atom is -0.335 e. The first-order valence-corrected chi connectivity index (χ1v) is 8.65. The van der Waals surface area contributed by atoms with Gasteiger partial charge in [0.15, 0.2) is 0 Å². The first kappa shape index (κ1) is 16.7. The molecule has 2 aliphatic rings. The Morgan fingerprint density at radius 2 is 1.46 bits per heavy atom. The Morgan fingerprint density at radius 3 is 2.08 bits per heavy atom. The van der Waals surface area contributed by atoms with E-state index < -0.39 is 0 Å². The third-order valence-corrected chi connectivity index (χ3v) is 4.88. The monoisotopic (exact) mass is 333 g/mol. The van der Waals surface area contributed by atoms with E-state index in [9.17, 15) is 14.0 Å². The van der Waals surface area contributed by atoms with Crippen molar-refractivity contribution < 1.29 is 14.0 Å². The van der Waals surface area contributed by atoms with Crippen LogP contribution in [0.15, 0.2) is 18.2 Å². The van der Waals surface area contributed by atoms with Crippen LogP contribution in [0.5, 0.6) is 0 Å². The predicted molar refractivity (Wildman–Crippen MR) is 89.4 cm³/mol. The minimum atomic E-state index is -0.361. The molecule has 1 aromatic carbocycles. The summed E-state index contributed by atoms with van der Waals surface area (Å²) in [4.78, 5) is 30.4. The Hall–Kier alpha value is -2.11. The van der Waals surface area contributed by atoms with Gasteiger partial charge in [-0.2, -0.15) is 0 Å². The summed E-state index contributed by atoms with van der Waals surface area (Å²) in [7, 11) is 0. The normalized spacial score (nSPS) is 18.7.